The summed E-state index contributed by atoms with van der Waals surface area (Å²) in [6, 6.07) is 21.9. The molecule has 0 atom stereocenters. The molecule has 168 valence electrons. The SMILES string of the molecule is Cc1ccc(Cn2cc(Br)c(NC(=O)c3cccc(COc4ccc(C)cc4C)c3)n2)cc1. The normalized spacial score (nSPS) is 10.8. The van der Waals surface area contributed by atoms with E-state index in [0.29, 0.717) is 24.5 Å². The zero-order valence-corrected chi connectivity index (χ0v) is 20.5. The van der Waals surface area contributed by atoms with Crippen LogP contribution in [0.5, 0.6) is 5.75 Å². The molecule has 3 aromatic carbocycles. The van der Waals surface area contributed by atoms with Crippen LogP contribution in [0.3, 0.4) is 0 Å². The molecule has 6 heteroatoms. The molecule has 4 rings (SSSR count). The van der Waals surface area contributed by atoms with Crippen LogP contribution < -0.4 is 10.1 Å². The summed E-state index contributed by atoms with van der Waals surface area (Å²) in [4.78, 5) is 12.9. The highest BCUT2D eigenvalue weighted by Crippen LogP contribution is 2.23. The molecular weight excluding hydrogens is 478 g/mol. The second kappa shape index (κ2) is 10.0. The Kier molecular flexibility index (Phi) is 6.94. The summed E-state index contributed by atoms with van der Waals surface area (Å²) >= 11 is 3.50. The number of carbonyl (C=O) groups excluding carboxylic acids is 1. The van der Waals surface area contributed by atoms with Crippen molar-refractivity contribution >= 4 is 27.7 Å². The number of benzene rings is 3. The van der Waals surface area contributed by atoms with E-state index < -0.39 is 0 Å². The second-order valence-electron chi connectivity index (χ2n) is 8.22. The molecule has 0 spiro atoms. The Balaban J connectivity index is 1.41. The highest BCUT2D eigenvalue weighted by molar-refractivity contribution is 9.10. The van der Waals surface area contributed by atoms with E-state index in [1.54, 1.807) is 10.7 Å². The molecule has 0 unspecified atom stereocenters. The number of carbonyl (C=O) groups is 1. The third-order valence-corrected chi connectivity index (χ3v) is 5.91. The number of amides is 1. The Hall–Kier alpha value is -3.38. The fourth-order valence-electron chi connectivity index (χ4n) is 3.55. The Bertz CT molecular complexity index is 1280. The molecule has 1 N–H and O–H groups in total. The predicted octanol–water partition coefficient (Wildman–Crippen LogP) is 6.45. The summed E-state index contributed by atoms with van der Waals surface area (Å²) in [7, 11) is 0. The minimum Gasteiger partial charge on any atom is -0.489 e. The van der Waals surface area contributed by atoms with Gasteiger partial charge < -0.3 is 10.1 Å². The van der Waals surface area contributed by atoms with Gasteiger partial charge in [-0.3, -0.25) is 9.48 Å². The van der Waals surface area contributed by atoms with E-state index in [4.69, 9.17) is 4.74 Å². The molecule has 0 fully saturated rings. The van der Waals surface area contributed by atoms with Gasteiger partial charge in [0.25, 0.3) is 5.91 Å². The highest BCUT2D eigenvalue weighted by atomic mass is 79.9. The lowest BCUT2D eigenvalue weighted by Gasteiger charge is -2.11. The van der Waals surface area contributed by atoms with Gasteiger partial charge in [0.2, 0.25) is 0 Å². The maximum atomic E-state index is 12.9. The Morgan fingerprint density at radius 2 is 1.73 bits per heavy atom. The molecule has 1 heterocycles. The van der Waals surface area contributed by atoms with Gasteiger partial charge in [-0.2, -0.15) is 5.10 Å². The van der Waals surface area contributed by atoms with Crippen LogP contribution in [0.15, 0.2) is 77.4 Å². The number of hydrogen-bond donors (Lipinski definition) is 1. The van der Waals surface area contributed by atoms with Gasteiger partial charge in [0, 0.05) is 11.8 Å². The molecule has 0 saturated carbocycles. The number of nitrogens with zero attached hydrogens (tertiary/aromatic N) is 2. The number of halogens is 1. The molecule has 5 nitrogen and oxygen atoms in total. The zero-order chi connectivity index (χ0) is 23.4. The first-order chi connectivity index (χ1) is 15.9. The van der Waals surface area contributed by atoms with E-state index in [9.17, 15) is 4.79 Å². The average Bonchev–Trinajstić information content (AvgIpc) is 3.13. The van der Waals surface area contributed by atoms with Gasteiger partial charge in [-0.15, -0.1) is 0 Å². The largest absolute Gasteiger partial charge is 0.489 e. The van der Waals surface area contributed by atoms with Gasteiger partial charge in [-0.1, -0.05) is 59.7 Å². The Labute approximate surface area is 202 Å². The van der Waals surface area contributed by atoms with E-state index in [1.807, 2.05) is 43.5 Å². The number of anilines is 1. The van der Waals surface area contributed by atoms with Gasteiger partial charge in [0.05, 0.1) is 11.0 Å². The zero-order valence-electron chi connectivity index (χ0n) is 18.9. The van der Waals surface area contributed by atoms with Crippen LogP contribution in [0.2, 0.25) is 0 Å². The van der Waals surface area contributed by atoms with Crippen molar-refractivity contribution in [3.05, 3.63) is 111 Å². The van der Waals surface area contributed by atoms with Crippen molar-refractivity contribution < 1.29 is 9.53 Å². The first-order valence-corrected chi connectivity index (χ1v) is 11.6. The predicted molar refractivity (Wildman–Crippen MR) is 135 cm³/mol. The van der Waals surface area contributed by atoms with E-state index in [1.165, 1.54) is 11.1 Å². The fourth-order valence-corrected chi connectivity index (χ4v) is 3.96. The van der Waals surface area contributed by atoms with Crippen LogP contribution in [0.4, 0.5) is 5.82 Å². The molecule has 1 amide bonds. The van der Waals surface area contributed by atoms with E-state index in [0.717, 1.165) is 26.9 Å². The number of hydrogen-bond acceptors (Lipinski definition) is 3. The minimum absolute atomic E-state index is 0.218. The van der Waals surface area contributed by atoms with Crippen molar-refractivity contribution in [3.8, 4) is 5.75 Å². The Morgan fingerprint density at radius 1 is 0.970 bits per heavy atom. The number of nitrogens with one attached hydrogen (secondary N) is 1. The smallest absolute Gasteiger partial charge is 0.256 e. The summed E-state index contributed by atoms with van der Waals surface area (Å²) in [6.45, 7) is 7.16. The van der Waals surface area contributed by atoms with Crippen molar-refractivity contribution in [2.75, 3.05) is 5.32 Å². The molecule has 1 aromatic heterocycles. The number of aromatic nitrogens is 2. The molecule has 0 aliphatic rings. The van der Waals surface area contributed by atoms with Gasteiger partial charge in [0.1, 0.15) is 12.4 Å². The second-order valence-corrected chi connectivity index (χ2v) is 9.08. The van der Waals surface area contributed by atoms with Crippen LogP contribution in [0.25, 0.3) is 0 Å². The van der Waals surface area contributed by atoms with Crippen LogP contribution in [0, 0.1) is 20.8 Å². The first kappa shape index (κ1) is 22.8. The van der Waals surface area contributed by atoms with Gasteiger partial charge in [0.15, 0.2) is 5.82 Å². The topological polar surface area (TPSA) is 56.2 Å². The summed E-state index contributed by atoms with van der Waals surface area (Å²) in [5, 5.41) is 7.42. The van der Waals surface area contributed by atoms with Gasteiger partial charge in [-0.25, -0.2) is 0 Å². The van der Waals surface area contributed by atoms with Crippen molar-refractivity contribution in [1.29, 1.82) is 0 Å². The van der Waals surface area contributed by atoms with E-state index in [-0.39, 0.29) is 5.91 Å². The Morgan fingerprint density at radius 3 is 2.48 bits per heavy atom. The van der Waals surface area contributed by atoms with Gasteiger partial charge >= 0.3 is 0 Å². The maximum Gasteiger partial charge on any atom is 0.256 e. The summed E-state index contributed by atoms with van der Waals surface area (Å²) < 4.78 is 8.50. The van der Waals surface area contributed by atoms with Crippen LogP contribution in [0.1, 0.15) is 38.2 Å². The quantitative estimate of drug-likeness (QED) is 0.315. The summed E-state index contributed by atoms with van der Waals surface area (Å²) in [5.74, 6) is 1.12. The van der Waals surface area contributed by atoms with E-state index >= 15 is 0 Å². The van der Waals surface area contributed by atoms with E-state index in [2.05, 4.69) is 70.5 Å². The molecule has 0 aliphatic carbocycles. The molecule has 4 aromatic rings. The minimum atomic E-state index is -0.218. The molecular formula is C27H26BrN3O2. The maximum absolute atomic E-state index is 12.9. The van der Waals surface area contributed by atoms with Gasteiger partial charge in [-0.05, 0) is 71.6 Å². The third-order valence-electron chi connectivity index (χ3n) is 5.33. The lowest BCUT2D eigenvalue weighted by molar-refractivity contribution is 0.102. The molecule has 0 aliphatic heterocycles. The third kappa shape index (κ3) is 5.90. The highest BCUT2D eigenvalue weighted by Gasteiger charge is 2.13. The number of ether oxygens (including phenoxy) is 1. The monoisotopic (exact) mass is 503 g/mol. The lowest BCUT2D eigenvalue weighted by atomic mass is 10.1. The van der Waals surface area contributed by atoms with Crippen molar-refractivity contribution in [2.24, 2.45) is 0 Å². The summed E-state index contributed by atoms with van der Waals surface area (Å²) in [6.07, 6.45) is 1.86. The standard InChI is InChI=1S/C27H26BrN3O2/c1-18-7-10-21(11-8-18)15-31-16-24(28)26(30-31)29-27(32)23-6-4-5-22(14-23)17-33-25-12-9-19(2)13-20(25)3/h4-14,16H,15,17H2,1-3H3,(H,29,30,32). The van der Waals surface area contributed by atoms with Crippen LogP contribution in [-0.4, -0.2) is 15.7 Å². The van der Waals surface area contributed by atoms with Crippen LogP contribution >= 0.6 is 15.9 Å². The molecule has 0 radical (unpaired) electrons. The average molecular weight is 504 g/mol. The first-order valence-electron chi connectivity index (χ1n) is 10.8. The van der Waals surface area contributed by atoms with Crippen molar-refractivity contribution in [2.45, 2.75) is 33.9 Å². The van der Waals surface area contributed by atoms with Crippen molar-refractivity contribution in [3.63, 3.8) is 0 Å². The van der Waals surface area contributed by atoms with Crippen LogP contribution in [-0.2, 0) is 13.2 Å². The molecule has 0 saturated heterocycles. The van der Waals surface area contributed by atoms with Crippen molar-refractivity contribution in [1.82, 2.24) is 9.78 Å². The number of rotatable bonds is 7. The fraction of sp³-hybridized carbons (Fsp3) is 0.185. The lowest BCUT2D eigenvalue weighted by Crippen LogP contribution is -2.13. The number of aryl methyl sites for hydroxylation is 3. The molecule has 33 heavy (non-hydrogen) atoms. The summed E-state index contributed by atoms with van der Waals surface area (Å²) in [5.41, 5.74) is 6.13. The molecule has 0 bridgehead atoms.